The van der Waals surface area contributed by atoms with Crippen molar-refractivity contribution in [2.24, 2.45) is 11.7 Å². The summed E-state index contributed by atoms with van der Waals surface area (Å²) >= 11 is 0. The maximum atomic E-state index is 14.6. The van der Waals surface area contributed by atoms with Crippen molar-refractivity contribution in [3.63, 3.8) is 0 Å². The Morgan fingerprint density at radius 1 is 1.11 bits per heavy atom. The number of nitrogens with two attached hydrogens (primary N) is 1. The van der Waals surface area contributed by atoms with Crippen LogP contribution in [0.4, 0.5) is 10.5 Å². The predicted octanol–water partition coefficient (Wildman–Crippen LogP) is 2.72. The van der Waals surface area contributed by atoms with Crippen molar-refractivity contribution in [2.45, 2.75) is 79.1 Å². The third-order valence-corrected chi connectivity index (χ3v) is 11.2. The van der Waals surface area contributed by atoms with E-state index >= 15 is 0 Å². The normalized spacial score (nSPS) is 24.7. The summed E-state index contributed by atoms with van der Waals surface area (Å²) in [6, 6.07) is 13.3. The van der Waals surface area contributed by atoms with Gasteiger partial charge in [-0.2, -0.15) is 0 Å². The van der Waals surface area contributed by atoms with Crippen LogP contribution in [0.3, 0.4) is 0 Å². The molecule has 5 N–H and O–H groups in total. The van der Waals surface area contributed by atoms with Crippen molar-refractivity contribution in [1.29, 1.82) is 0 Å². The minimum Gasteiger partial charge on any atom is -0.465 e. The minimum absolute atomic E-state index is 0.00230. The number of hydrogen-bond acceptors (Lipinski definition) is 10. The Morgan fingerprint density at radius 3 is 2.53 bits per heavy atom. The predicted molar refractivity (Wildman–Crippen MR) is 168 cm³/mol. The minimum atomic E-state index is -4.61. The van der Waals surface area contributed by atoms with Crippen LogP contribution < -0.4 is 11.1 Å². The number of anilines is 1. The van der Waals surface area contributed by atoms with Crippen molar-refractivity contribution in [2.75, 3.05) is 45.7 Å². The van der Waals surface area contributed by atoms with Crippen LogP contribution in [-0.4, -0.2) is 111 Å². The molecular weight excluding hydrogens is 600 g/mol. The smallest absolute Gasteiger partial charge is 0.407 e. The molecule has 248 valence electrons. The van der Waals surface area contributed by atoms with Gasteiger partial charge in [0.05, 0.1) is 36.3 Å². The van der Waals surface area contributed by atoms with Crippen LogP contribution in [0, 0.1) is 5.92 Å². The van der Waals surface area contributed by atoms with Gasteiger partial charge in [-0.05, 0) is 63.5 Å². The summed E-state index contributed by atoms with van der Waals surface area (Å²) in [5, 5.41) is 23.5. The van der Waals surface area contributed by atoms with Crippen LogP contribution in [0.25, 0.3) is 0 Å². The largest absolute Gasteiger partial charge is 0.465 e. The Kier molecular flexibility index (Phi) is 10.7. The number of fused-ring (bicyclic) bond motifs is 1. The monoisotopic (exact) mass is 646 g/mol. The molecule has 12 nitrogen and oxygen atoms in total. The molecule has 5 rings (SSSR count). The molecule has 1 unspecified atom stereocenters. The van der Waals surface area contributed by atoms with Crippen LogP contribution >= 0.6 is 0 Å². The van der Waals surface area contributed by atoms with E-state index in [1.165, 1.54) is 12.1 Å². The number of benzene rings is 2. The molecule has 0 radical (unpaired) electrons. The first-order valence-electron chi connectivity index (χ1n) is 15.7. The SMILES string of the molecule is CN(C)CCNc1cccc(S(=O)(=O)C(N)(OC2CCCC2)[C@H](O)[C@H](Cc2ccccc2)N(C(=O)O)[C@@H]2CO[C@@H]3OCC[C@@H]32)c1. The number of nitrogens with zero attached hydrogens (tertiary/aromatic N) is 2. The molecule has 1 saturated carbocycles. The van der Waals surface area contributed by atoms with Gasteiger partial charge < -0.3 is 34.6 Å². The van der Waals surface area contributed by atoms with E-state index in [0.717, 1.165) is 24.3 Å². The summed E-state index contributed by atoms with van der Waals surface area (Å²) in [6.45, 7) is 1.77. The fraction of sp³-hybridized carbons (Fsp3) is 0.594. The van der Waals surface area contributed by atoms with Crippen molar-refractivity contribution in [3.05, 3.63) is 60.2 Å². The molecule has 13 heteroatoms. The second-order valence-electron chi connectivity index (χ2n) is 12.5. The maximum Gasteiger partial charge on any atom is 0.407 e. The van der Waals surface area contributed by atoms with Gasteiger partial charge in [0, 0.05) is 24.7 Å². The number of sulfone groups is 1. The van der Waals surface area contributed by atoms with Gasteiger partial charge in [0.2, 0.25) is 9.84 Å². The summed E-state index contributed by atoms with van der Waals surface area (Å²) in [6.07, 6.45) is -0.959. The van der Waals surface area contributed by atoms with Crippen LogP contribution in [0.2, 0.25) is 0 Å². The van der Waals surface area contributed by atoms with Gasteiger partial charge in [-0.3, -0.25) is 10.6 Å². The Morgan fingerprint density at radius 2 is 1.84 bits per heavy atom. The molecule has 1 aliphatic carbocycles. The molecule has 0 aromatic heterocycles. The molecule has 2 aromatic carbocycles. The van der Waals surface area contributed by atoms with E-state index in [1.54, 1.807) is 36.4 Å². The first-order chi connectivity index (χ1) is 21.5. The molecule has 0 bridgehead atoms. The zero-order chi connectivity index (χ0) is 32.2. The summed E-state index contributed by atoms with van der Waals surface area (Å²) in [5.74, 6) is -0.268. The molecule has 0 spiro atoms. The fourth-order valence-electron chi connectivity index (χ4n) is 6.68. The van der Waals surface area contributed by atoms with E-state index in [-0.39, 0.29) is 23.8 Å². The van der Waals surface area contributed by atoms with Gasteiger partial charge in [0.15, 0.2) is 6.29 Å². The summed E-state index contributed by atoms with van der Waals surface area (Å²) in [5.41, 5.74) is 8.13. The number of hydrogen-bond donors (Lipinski definition) is 4. The van der Waals surface area contributed by atoms with Crippen LogP contribution in [-0.2, 0) is 30.5 Å². The average molecular weight is 647 g/mol. The third-order valence-electron chi connectivity index (χ3n) is 9.11. The standard InChI is InChI=1S/C32H46N4O8S/c1-35(2)17-16-34-23-11-8-14-25(20-23)45(40,41)32(33,44-24-12-6-7-13-24)29(37)27(19-22-9-4-3-5-10-22)36(31(38)39)28-21-43-30-26(28)15-18-42-30/h3-5,8-11,14,20,24,26-30,34,37H,6-7,12-13,15-19,21,33H2,1-2H3,(H,38,39)/t26-,27+,28-,29-,30+,32?/m1/s1. The highest BCUT2D eigenvalue weighted by Gasteiger charge is 2.57. The van der Waals surface area contributed by atoms with Crippen molar-refractivity contribution in [3.8, 4) is 0 Å². The number of nitrogens with one attached hydrogen (secondary N) is 1. The number of ether oxygens (including phenoxy) is 3. The van der Waals surface area contributed by atoms with E-state index in [1.807, 2.05) is 25.1 Å². The molecular formula is C32H46N4O8S. The Hall–Kier alpha value is -2.78. The number of carboxylic acid groups (broad SMARTS) is 1. The van der Waals surface area contributed by atoms with Crippen LogP contribution in [0.15, 0.2) is 59.5 Å². The molecule has 45 heavy (non-hydrogen) atoms. The summed E-state index contributed by atoms with van der Waals surface area (Å²) < 4.78 is 46.9. The van der Waals surface area contributed by atoms with Gasteiger partial charge in [0.1, 0.15) is 6.10 Å². The molecule has 3 fully saturated rings. The highest BCUT2D eigenvalue weighted by atomic mass is 32.2. The topological polar surface area (TPSA) is 164 Å². The molecule has 2 saturated heterocycles. The average Bonchev–Trinajstić information content (AvgIpc) is 3.77. The Balaban J connectivity index is 1.56. The first-order valence-corrected chi connectivity index (χ1v) is 17.2. The van der Waals surface area contributed by atoms with E-state index in [2.05, 4.69) is 5.32 Å². The lowest BCUT2D eigenvalue weighted by molar-refractivity contribution is -0.125. The van der Waals surface area contributed by atoms with Crippen LogP contribution in [0.5, 0.6) is 0 Å². The molecule has 6 atom stereocenters. The second kappa shape index (κ2) is 14.3. The van der Waals surface area contributed by atoms with Gasteiger partial charge >= 0.3 is 6.09 Å². The molecule has 3 aliphatic rings. The third kappa shape index (κ3) is 7.30. The Bertz CT molecular complexity index is 1390. The summed E-state index contributed by atoms with van der Waals surface area (Å²) in [4.78, 5) is 16.1. The fourth-order valence-corrected chi connectivity index (χ4v) is 8.33. The second-order valence-corrected chi connectivity index (χ2v) is 14.6. The Labute approximate surface area is 265 Å². The van der Waals surface area contributed by atoms with Gasteiger partial charge in [-0.1, -0.05) is 49.2 Å². The number of carbonyl (C=O) groups is 1. The maximum absolute atomic E-state index is 14.6. The van der Waals surface area contributed by atoms with E-state index < -0.39 is 51.6 Å². The lowest BCUT2D eigenvalue weighted by Gasteiger charge is -2.44. The van der Waals surface area contributed by atoms with Crippen LogP contribution in [0.1, 0.15) is 37.7 Å². The van der Waals surface area contributed by atoms with Crippen molar-refractivity contribution >= 4 is 21.6 Å². The zero-order valence-electron chi connectivity index (χ0n) is 26.0. The van der Waals surface area contributed by atoms with E-state index in [4.69, 9.17) is 19.9 Å². The number of aliphatic hydroxyl groups is 1. The number of aliphatic hydroxyl groups excluding tert-OH is 1. The van der Waals surface area contributed by atoms with Gasteiger partial charge in [-0.25, -0.2) is 13.2 Å². The van der Waals surface area contributed by atoms with Gasteiger partial charge in [0.25, 0.3) is 5.06 Å². The van der Waals surface area contributed by atoms with E-state index in [9.17, 15) is 23.4 Å². The molecule has 2 heterocycles. The molecule has 2 aliphatic heterocycles. The lowest BCUT2D eigenvalue weighted by Crippen LogP contribution is -2.68. The van der Waals surface area contributed by atoms with E-state index in [0.29, 0.717) is 43.7 Å². The number of rotatable bonds is 14. The molecule has 1 amide bonds. The number of likely N-dealkylation sites (N-methyl/N-ethyl adjacent to an activating group) is 1. The zero-order valence-corrected chi connectivity index (χ0v) is 26.8. The highest BCUT2D eigenvalue weighted by molar-refractivity contribution is 7.92. The highest BCUT2D eigenvalue weighted by Crippen LogP contribution is 2.39. The lowest BCUT2D eigenvalue weighted by atomic mass is 9.93. The molecule has 2 aromatic rings. The quantitative estimate of drug-likeness (QED) is 0.223. The summed E-state index contributed by atoms with van der Waals surface area (Å²) in [7, 11) is -0.726. The van der Waals surface area contributed by atoms with Crippen molar-refractivity contribution < 1.29 is 37.6 Å². The van der Waals surface area contributed by atoms with Crippen molar-refractivity contribution in [1.82, 2.24) is 9.80 Å². The number of amides is 1. The van der Waals surface area contributed by atoms with Gasteiger partial charge in [-0.15, -0.1) is 0 Å². The first kappa shape index (κ1) is 33.6.